The highest BCUT2D eigenvalue weighted by atomic mass is 16.5. The van der Waals surface area contributed by atoms with Gasteiger partial charge in [0.1, 0.15) is 12.3 Å². The molecule has 5 N–H and O–H groups in total. The van der Waals surface area contributed by atoms with Crippen molar-refractivity contribution >= 4 is 23.4 Å². The minimum atomic E-state index is -0.873. The van der Waals surface area contributed by atoms with E-state index in [0.717, 1.165) is 5.56 Å². The molecule has 0 radical (unpaired) electrons. The molecule has 0 spiro atoms. The second kappa shape index (κ2) is 12.6. The van der Waals surface area contributed by atoms with Crippen molar-refractivity contribution in [3.05, 3.63) is 29.3 Å². The van der Waals surface area contributed by atoms with Crippen LogP contribution < -0.4 is 16.4 Å². The number of imide groups is 1. The summed E-state index contributed by atoms with van der Waals surface area (Å²) in [4.78, 5) is 38.0. The first-order chi connectivity index (χ1) is 16.0. The fraction of sp³-hybridized carbons (Fsp3) is 0.591. The molecule has 2 atom stereocenters. The Labute approximate surface area is 192 Å². The van der Waals surface area contributed by atoms with E-state index in [0.29, 0.717) is 70.3 Å². The third-order valence-electron chi connectivity index (χ3n) is 5.45. The number of benzene rings is 1. The van der Waals surface area contributed by atoms with Gasteiger partial charge >= 0.3 is 0 Å². The first kappa shape index (κ1) is 25.1. The summed E-state index contributed by atoms with van der Waals surface area (Å²) in [7, 11) is 0. The average Bonchev–Trinajstić information content (AvgIpc) is 3.12. The van der Waals surface area contributed by atoms with Gasteiger partial charge in [-0.25, -0.2) is 0 Å². The zero-order valence-electron chi connectivity index (χ0n) is 18.6. The van der Waals surface area contributed by atoms with Gasteiger partial charge in [-0.15, -0.1) is 0 Å². The summed E-state index contributed by atoms with van der Waals surface area (Å²) in [6.07, 6.45) is -0.0270. The molecule has 11 nitrogen and oxygen atoms in total. The van der Waals surface area contributed by atoms with E-state index in [1.807, 2.05) is 0 Å². The van der Waals surface area contributed by atoms with Crippen molar-refractivity contribution in [3.8, 4) is 0 Å². The molecule has 1 saturated heterocycles. The lowest BCUT2D eigenvalue weighted by atomic mass is 10.0. The maximum Gasteiger partial charge on any atom is 0.255 e. The second-order valence-corrected chi connectivity index (χ2v) is 7.81. The van der Waals surface area contributed by atoms with Crippen molar-refractivity contribution < 1.29 is 33.7 Å². The number of anilines is 1. The molecule has 1 aromatic rings. The summed E-state index contributed by atoms with van der Waals surface area (Å²) in [5, 5.41) is 15.7. The number of piperidine rings is 1. The molecule has 11 heteroatoms. The van der Waals surface area contributed by atoms with Gasteiger partial charge in [0.15, 0.2) is 0 Å². The molecule has 182 valence electrons. The largest absolute Gasteiger partial charge is 0.379 e. The number of nitrogens with two attached hydrogens (primary N) is 1. The second-order valence-electron chi connectivity index (χ2n) is 7.81. The number of hydrogen-bond acceptors (Lipinski definition) is 9. The van der Waals surface area contributed by atoms with Crippen LogP contribution in [0.5, 0.6) is 0 Å². The minimum Gasteiger partial charge on any atom is -0.379 e. The Morgan fingerprint density at radius 1 is 1.09 bits per heavy atom. The number of nitrogens with zero attached hydrogens (tertiary/aromatic N) is 1. The molecule has 0 saturated carbocycles. The molecule has 1 fully saturated rings. The van der Waals surface area contributed by atoms with Gasteiger partial charge in [0.2, 0.25) is 11.8 Å². The lowest BCUT2D eigenvalue weighted by Gasteiger charge is -2.29. The number of nitrogens with one attached hydrogen (secondary N) is 2. The fourth-order valence-corrected chi connectivity index (χ4v) is 3.79. The van der Waals surface area contributed by atoms with Crippen LogP contribution in [0.1, 0.15) is 35.2 Å². The highest BCUT2D eigenvalue weighted by Crippen LogP contribution is 2.32. The van der Waals surface area contributed by atoms with E-state index >= 15 is 0 Å². The van der Waals surface area contributed by atoms with Crippen molar-refractivity contribution in [1.29, 1.82) is 0 Å². The zero-order valence-corrected chi connectivity index (χ0v) is 18.6. The highest BCUT2D eigenvalue weighted by molar-refractivity contribution is 6.06. The number of carbonyl (C=O) groups excluding carboxylic acids is 3. The number of amides is 3. The summed E-state index contributed by atoms with van der Waals surface area (Å²) in [6, 6.07) is 4.53. The molecular formula is C22H32N4O7. The predicted molar refractivity (Wildman–Crippen MR) is 118 cm³/mol. The third-order valence-corrected chi connectivity index (χ3v) is 5.45. The van der Waals surface area contributed by atoms with E-state index in [1.165, 1.54) is 4.90 Å². The number of carbonyl (C=O) groups is 3. The Morgan fingerprint density at radius 2 is 1.79 bits per heavy atom. The van der Waals surface area contributed by atoms with E-state index in [4.69, 9.17) is 19.9 Å². The summed E-state index contributed by atoms with van der Waals surface area (Å²) < 4.78 is 16.0. The van der Waals surface area contributed by atoms with Crippen LogP contribution in [0.4, 0.5) is 5.69 Å². The number of ether oxygens (including phenoxy) is 3. The van der Waals surface area contributed by atoms with Crippen molar-refractivity contribution in [3.63, 3.8) is 0 Å². The summed E-state index contributed by atoms with van der Waals surface area (Å²) >= 11 is 0. The molecule has 3 rings (SSSR count). The van der Waals surface area contributed by atoms with Crippen LogP contribution in [0.25, 0.3) is 0 Å². The average molecular weight is 465 g/mol. The molecule has 0 aliphatic carbocycles. The number of fused-ring (bicyclic) bond motifs is 1. The van der Waals surface area contributed by atoms with Gasteiger partial charge in [0.05, 0.1) is 39.6 Å². The monoisotopic (exact) mass is 464 g/mol. The number of aliphatic hydroxyl groups excluding tert-OH is 1. The summed E-state index contributed by atoms with van der Waals surface area (Å²) in [6.45, 7) is 3.36. The van der Waals surface area contributed by atoms with Gasteiger partial charge in [-0.2, -0.15) is 0 Å². The van der Waals surface area contributed by atoms with Crippen LogP contribution in [0, 0.1) is 0 Å². The smallest absolute Gasteiger partial charge is 0.255 e. The Bertz CT molecular complexity index is 835. The van der Waals surface area contributed by atoms with Crippen LogP contribution in [0.3, 0.4) is 0 Å². The van der Waals surface area contributed by atoms with Gasteiger partial charge < -0.3 is 35.3 Å². The Morgan fingerprint density at radius 3 is 2.48 bits per heavy atom. The quantitative estimate of drug-likeness (QED) is 0.163. The van der Waals surface area contributed by atoms with Gasteiger partial charge in [-0.1, -0.05) is 6.07 Å². The van der Waals surface area contributed by atoms with Crippen molar-refractivity contribution in [2.75, 3.05) is 51.5 Å². The molecule has 0 bridgehead atoms. The molecular weight excluding hydrogens is 432 g/mol. The molecule has 1 aromatic carbocycles. The fourth-order valence-electron chi connectivity index (χ4n) is 3.79. The molecule has 0 aromatic heterocycles. The van der Waals surface area contributed by atoms with Gasteiger partial charge in [0.25, 0.3) is 5.91 Å². The van der Waals surface area contributed by atoms with Gasteiger partial charge in [-0.3, -0.25) is 19.7 Å². The topological polar surface area (TPSA) is 152 Å². The van der Waals surface area contributed by atoms with E-state index < -0.39 is 18.2 Å². The summed E-state index contributed by atoms with van der Waals surface area (Å²) in [5.41, 5.74) is 7.16. The number of hydrogen-bond donors (Lipinski definition) is 4. The lowest BCUT2D eigenvalue weighted by molar-refractivity contribution is -0.136. The molecule has 2 aliphatic heterocycles. The Hall–Kier alpha value is -2.57. The van der Waals surface area contributed by atoms with Crippen molar-refractivity contribution in [1.82, 2.24) is 10.2 Å². The van der Waals surface area contributed by atoms with E-state index in [2.05, 4.69) is 10.6 Å². The molecule has 3 amide bonds. The normalized spacial score (nSPS) is 18.9. The van der Waals surface area contributed by atoms with E-state index in [1.54, 1.807) is 18.2 Å². The minimum absolute atomic E-state index is 0.202. The summed E-state index contributed by atoms with van der Waals surface area (Å²) in [5.74, 6) is -1.03. The van der Waals surface area contributed by atoms with Crippen molar-refractivity contribution in [2.45, 2.75) is 38.1 Å². The lowest BCUT2D eigenvalue weighted by Crippen LogP contribution is -2.52. The number of rotatable bonds is 14. The molecule has 33 heavy (non-hydrogen) atoms. The maximum atomic E-state index is 12.9. The predicted octanol–water partition coefficient (Wildman–Crippen LogP) is -0.423. The standard InChI is InChI=1S/C22H32N4O7/c23-7-9-32-11-13-33-12-10-31-8-6-20(28)24-17-3-1-2-15-16(17)14-26(22(15)30)18-4-5-19(27)25-21(18)29/h1-3,18,20,24,28H,4-14,23H2,(H,25,27,29). The molecule has 2 unspecified atom stereocenters. The van der Waals surface area contributed by atoms with Crippen molar-refractivity contribution in [2.24, 2.45) is 5.73 Å². The number of aliphatic hydroxyl groups is 1. The molecule has 2 aliphatic rings. The highest BCUT2D eigenvalue weighted by Gasteiger charge is 2.39. The maximum absolute atomic E-state index is 12.9. The first-order valence-electron chi connectivity index (χ1n) is 11.2. The Kier molecular flexibility index (Phi) is 9.58. The first-order valence-corrected chi connectivity index (χ1v) is 11.2. The van der Waals surface area contributed by atoms with Crippen LogP contribution >= 0.6 is 0 Å². The Balaban J connectivity index is 1.42. The van der Waals surface area contributed by atoms with Crippen LogP contribution in [-0.4, -0.2) is 86.2 Å². The molecule has 2 heterocycles. The van der Waals surface area contributed by atoms with Gasteiger partial charge in [-0.05, 0) is 18.6 Å². The van der Waals surface area contributed by atoms with Crippen LogP contribution in [-0.2, 0) is 30.3 Å². The van der Waals surface area contributed by atoms with E-state index in [-0.39, 0.29) is 24.8 Å². The van der Waals surface area contributed by atoms with Crippen LogP contribution in [0.15, 0.2) is 18.2 Å². The van der Waals surface area contributed by atoms with Gasteiger partial charge in [0, 0.05) is 42.7 Å². The van der Waals surface area contributed by atoms with Crippen LogP contribution in [0.2, 0.25) is 0 Å². The SMILES string of the molecule is NCCOCCOCCOCCC(O)Nc1cccc2c1CN(C1CCC(=O)NC1=O)C2=O. The van der Waals surface area contributed by atoms with E-state index in [9.17, 15) is 19.5 Å². The third kappa shape index (κ3) is 6.95. The zero-order chi connectivity index (χ0) is 23.6.